The van der Waals surface area contributed by atoms with Crippen molar-refractivity contribution >= 4 is 6.03 Å². The molecule has 31 heavy (non-hydrogen) atoms. The molecule has 1 aliphatic rings. The Morgan fingerprint density at radius 3 is 2.71 bits per heavy atom. The summed E-state index contributed by atoms with van der Waals surface area (Å²) in [5.41, 5.74) is 3.77. The van der Waals surface area contributed by atoms with Gasteiger partial charge in [-0.25, -0.2) is 13.6 Å². The average molecular weight is 426 g/mol. The fraction of sp³-hybridized carbons (Fsp3) is 0.304. The third kappa shape index (κ3) is 3.97. The number of nitrogens with zero attached hydrogens (tertiary/aromatic N) is 3. The third-order valence-corrected chi connectivity index (χ3v) is 5.52. The molecule has 0 saturated heterocycles. The number of halogens is 2. The number of aromatic nitrogens is 2. The number of nitrogens with one attached hydrogen (secondary N) is 1. The number of benzene rings is 2. The molecular weight excluding hydrogens is 402 g/mol. The maximum absolute atomic E-state index is 14.4. The molecule has 0 saturated carbocycles. The Morgan fingerprint density at radius 1 is 1.23 bits per heavy atom. The van der Waals surface area contributed by atoms with Gasteiger partial charge < -0.3 is 15.0 Å². The molecule has 0 fully saturated rings. The van der Waals surface area contributed by atoms with Gasteiger partial charge in [-0.3, -0.25) is 4.68 Å². The molecule has 2 amide bonds. The predicted molar refractivity (Wildman–Crippen MR) is 114 cm³/mol. The van der Waals surface area contributed by atoms with Gasteiger partial charge in [0.1, 0.15) is 12.4 Å². The van der Waals surface area contributed by atoms with Crippen LogP contribution in [0.15, 0.2) is 42.7 Å². The van der Waals surface area contributed by atoms with Crippen molar-refractivity contribution in [1.82, 2.24) is 20.0 Å². The van der Waals surface area contributed by atoms with Crippen molar-refractivity contribution in [1.29, 1.82) is 0 Å². The van der Waals surface area contributed by atoms with Crippen LogP contribution in [0, 0.1) is 6.92 Å². The molecule has 8 heteroatoms. The number of amides is 2. The summed E-state index contributed by atoms with van der Waals surface area (Å²) in [5, 5.41) is 6.76. The number of carbonyl (C=O) groups is 1. The summed E-state index contributed by atoms with van der Waals surface area (Å²) < 4.78 is 36.1. The van der Waals surface area contributed by atoms with E-state index in [2.05, 4.69) is 10.4 Å². The highest BCUT2D eigenvalue weighted by Crippen LogP contribution is 2.42. The molecule has 2 heterocycles. The van der Waals surface area contributed by atoms with Crippen molar-refractivity contribution < 1.29 is 18.3 Å². The summed E-state index contributed by atoms with van der Waals surface area (Å²) in [5.74, 6) is 0.662. The van der Waals surface area contributed by atoms with Crippen LogP contribution in [-0.4, -0.2) is 40.9 Å². The zero-order valence-corrected chi connectivity index (χ0v) is 17.7. The van der Waals surface area contributed by atoms with Gasteiger partial charge in [0.25, 0.3) is 6.43 Å². The van der Waals surface area contributed by atoms with Gasteiger partial charge in [-0.2, -0.15) is 5.10 Å². The van der Waals surface area contributed by atoms with Crippen LogP contribution in [0.5, 0.6) is 5.75 Å². The first kappa shape index (κ1) is 20.8. The largest absolute Gasteiger partial charge is 0.491 e. The number of urea groups is 1. The second kappa shape index (κ2) is 8.37. The van der Waals surface area contributed by atoms with E-state index in [1.807, 2.05) is 19.1 Å². The highest BCUT2D eigenvalue weighted by atomic mass is 19.3. The Hall–Kier alpha value is -3.42. The zero-order chi connectivity index (χ0) is 22.1. The summed E-state index contributed by atoms with van der Waals surface area (Å²) in [4.78, 5) is 13.8. The zero-order valence-electron chi connectivity index (χ0n) is 17.7. The van der Waals surface area contributed by atoms with E-state index in [-0.39, 0.29) is 11.6 Å². The average Bonchev–Trinajstić information content (AvgIpc) is 3.07. The summed E-state index contributed by atoms with van der Waals surface area (Å²) in [7, 11) is 3.33. The maximum atomic E-state index is 14.4. The monoisotopic (exact) mass is 426 g/mol. The number of rotatable bonds is 3. The second-order valence-electron chi connectivity index (χ2n) is 7.57. The smallest absolute Gasteiger partial charge is 0.317 e. The van der Waals surface area contributed by atoms with Crippen LogP contribution in [-0.2, 0) is 13.6 Å². The highest BCUT2D eigenvalue weighted by molar-refractivity contribution is 5.81. The SMILES string of the molecule is CNC(=O)N1CCOc2ccc(-c3c(C)ccc(-c4cnn(C)c4)c3C(F)F)cc2C1. The standard InChI is InChI=1S/C23H24F2N4O2/c1-14-4-6-18(17-11-27-28(3)12-17)21(22(24)25)20(14)15-5-7-19-16(10-15)13-29(8-9-31-19)23(30)26-2/h4-7,10-12,22H,8-9,13H2,1-3H3,(H,26,30). The maximum Gasteiger partial charge on any atom is 0.317 e. The molecule has 0 aliphatic carbocycles. The molecule has 162 valence electrons. The molecular formula is C23H24F2N4O2. The molecule has 6 nitrogen and oxygen atoms in total. The van der Waals surface area contributed by atoms with Gasteiger partial charge in [0, 0.05) is 37.0 Å². The van der Waals surface area contributed by atoms with Gasteiger partial charge in [-0.05, 0) is 41.3 Å². The molecule has 1 aromatic heterocycles. The molecule has 0 radical (unpaired) electrons. The van der Waals surface area contributed by atoms with Gasteiger partial charge in [0.05, 0.1) is 19.3 Å². The number of alkyl halides is 2. The van der Waals surface area contributed by atoms with Crippen molar-refractivity contribution in [3.63, 3.8) is 0 Å². The van der Waals surface area contributed by atoms with E-state index in [4.69, 9.17) is 4.74 Å². The van der Waals surface area contributed by atoms with E-state index in [0.29, 0.717) is 47.7 Å². The molecule has 2 aromatic carbocycles. The second-order valence-corrected chi connectivity index (χ2v) is 7.57. The minimum atomic E-state index is -2.66. The van der Waals surface area contributed by atoms with Crippen molar-refractivity contribution in [2.24, 2.45) is 7.05 Å². The van der Waals surface area contributed by atoms with Gasteiger partial charge in [0.15, 0.2) is 0 Å². The molecule has 0 bridgehead atoms. The first-order valence-corrected chi connectivity index (χ1v) is 10.0. The van der Waals surface area contributed by atoms with Crippen molar-refractivity contribution in [2.75, 3.05) is 20.2 Å². The van der Waals surface area contributed by atoms with Crippen molar-refractivity contribution in [3.05, 3.63) is 59.4 Å². The van der Waals surface area contributed by atoms with Crippen molar-refractivity contribution in [3.8, 4) is 28.0 Å². The number of hydrogen-bond donors (Lipinski definition) is 1. The Bertz CT molecular complexity index is 1130. The normalized spacial score (nSPS) is 13.5. The lowest BCUT2D eigenvalue weighted by Gasteiger charge is -2.20. The molecule has 1 aliphatic heterocycles. The lowest BCUT2D eigenvalue weighted by Crippen LogP contribution is -2.38. The summed E-state index contributed by atoms with van der Waals surface area (Å²) in [6.07, 6.45) is 0.654. The number of ether oxygens (including phenoxy) is 1. The summed E-state index contributed by atoms with van der Waals surface area (Å²) in [6, 6.07) is 8.81. The van der Waals surface area contributed by atoms with E-state index in [0.717, 1.165) is 11.1 Å². The number of hydrogen-bond acceptors (Lipinski definition) is 3. The lowest BCUT2D eigenvalue weighted by molar-refractivity contribution is 0.152. The number of carbonyl (C=O) groups excluding carboxylic acids is 1. The minimum absolute atomic E-state index is 0.0225. The third-order valence-electron chi connectivity index (χ3n) is 5.52. The molecule has 3 aromatic rings. The van der Waals surface area contributed by atoms with Gasteiger partial charge in [-0.15, -0.1) is 0 Å². The van der Waals surface area contributed by atoms with Crippen molar-refractivity contribution in [2.45, 2.75) is 19.9 Å². The number of aryl methyl sites for hydroxylation is 2. The predicted octanol–water partition coefficient (Wildman–Crippen LogP) is 4.53. The summed E-state index contributed by atoms with van der Waals surface area (Å²) >= 11 is 0. The quantitative estimate of drug-likeness (QED) is 0.669. The van der Waals surface area contributed by atoms with E-state index in [9.17, 15) is 13.6 Å². The highest BCUT2D eigenvalue weighted by Gasteiger charge is 2.24. The Balaban J connectivity index is 1.85. The molecule has 0 spiro atoms. The minimum Gasteiger partial charge on any atom is -0.491 e. The van der Waals surface area contributed by atoms with Gasteiger partial charge in [-0.1, -0.05) is 18.2 Å². The molecule has 0 unspecified atom stereocenters. The molecule has 0 atom stereocenters. The molecule has 4 rings (SSSR count). The van der Waals surface area contributed by atoms with E-state index >= 15 is 0 Å². The Kier molecular flexibility index (Phi) is 5.63. The van der Waals surface area contributed by atoms with Crippen LogP contribution in [0.4, 0.5) is 13.6 Å². The van der Waals surface area contributed by atoms with E-state index < -0.39 is 6.43 Å². The molecule has 1 N–H and O–H groups in total. The Morgan fingerprint density at radius 2 is 2.03 bits per heavy atom. The first-order valence-electron chi connectivity index (χ1n) is 10.0. The lowest BCUT2D eigenvalue weighted by atomic mass is 9.89. The fourth-order valence-electron chi connectivity index (χ4n) is 4.03. The van der Waals surface area contributed by atoms with Crippen LogP contribution < -0.4 is 10.1 Å². The van der Waals surface area contributed by atoms with Crippen LogP contribution in [0.25, 0.3) is 22.3 Å². The number of fused-ring (bicyclic) bond motifs is 1. The van der Waals surface area contributed by atoms with Gasteiger partial charge >= 0.3 is 6.03 Å². The topological polar surface area (TPSA) is 59.4 Å². The van der Waals surface area contributed by atoms with E-state index in [1.165, 1.54) is 0 Å². The van der Waals surface area contributed by atoms with E-state index in [1.54, 1.807) is 54.3 Å². The summed E-state index contributed by atoms with van der Waals surface area (Å²) in [6.45, 7) is 2.99. The van der Waals surface area contributed by atoms with Crippen LogP contribution in [0.2, 0.25) is 0 Å². The Labute approximate surface area is 179 Å². The first-order chi connectivity index (χ1) is 14.9. The van der Waals surface area contributed by atoms with Crippen LogP contribution in [0.1, 0.15) is 23.1 Å². The van der Waals surface area contributed by atoms with Gasteiger partial charge in [0.2, 0.25) is 0 Å². The fourth-order valence-corrected chi connectivity index (χ4v) is 4.03. The van der Waals surface area contributed by atoms with Crippen LogP contribution in [0.3, 0.4) is 0 Å². The van der Waals surface area contributed by atoms with Crippen LogP contribution >= 0.6 is 0 Å².